The molecule has 0 aliphatic heterocycles. The summed E-state index contributed by atoms with van der Waals surface area (Å²) in [6, 6.07) is 7.49. The number of hydrogen-bond acceptors (Lipinski definition) is 3. The third-order valence-electron chi connectivity index (χ3n) is 3.41. The number of esters is 1. The van der Waals surface area contributed by atoms with E-state index in [0.29, 0.717) is 12.2 Å². The van der Waals surface area contributed by atoms with Crippen LogP contribution in [0.3, 0.4) is 0 Å². The van der Waals surface area contributed by atoms with Crippen LogP contribution in [0.25, 0.3) is 0 Å². The molecule has 0 saturated heterocycles. The van der Waals surface area contributed by atoms with Gasteiger partial charge in [0.1, 0.15) is 5.60 Å². The lowest BCUT2D eigenvalue weighted by Gasteiger charge is -2.38. The average Bonchev–Trinajstić information content (AvgIpc) is 2.29. The Balaban J connectivity index is 3.11. The van der Waals surface area contributed by atoms with Gasteiger partial charge in [-0.2, -0.15) is 0 Å². The summed E-state index contributed by atoms with van der Waals surface area (Å²) in [4.78, 5) is 12.0. The van der Waals surface area contributed by atoms with Crippen molar-refractivity contribution >= 4 is 28.6 Å². The van der Waals surface area contributed by atoms with Gasteiger partial charge in [-0.3, -0.25) is 4.79 Å². The van der Waals surface area contributed by atoms with Gasteiger partial charge in [-0.05, 0) is 68.0 Å². The van der Waals surface area contributed by atoms with Crippen LogP contribution in [0.2, 0.25) is 0 Å². The first-order valence-electron chi connectivity index (χ1n) is 5.89. The van der Waals surface area contributed by atoms with Gasteiger partial charge in [-0.1, -0.05) is 12.1 Å². The average molecular weight is 362 g/mol. The molecule has 1 unspecified atom stereocenters. The van der Waals surface area contributed by atoms with E-state index >= 15 is 0 Å². The maximum absolute atomic E-state index is 12.0. The van der Waals surface area contributed by atoms with Gasteiger partial charge >= 0.3 is 5.97 Å². The molecule has 1 N–H and O–H groups in total. The topological polar surface area (TPSA) is 46.5 Å². The summed E-state index contributed by atoms with van der Waals surface area (Å²) < 4.78 is 6.12. The zero-order valence-corrected chi connectivity index (χ0v) is 13.3. The fourth-order valence-electron chi connectivity index (χ4n) is 1.65. The van der Waals surface area contributed by atoms with Crippen LogP contribution in [0.15, 0.2) is 24.3 Å². The molecule has 4 heteroatoms. The van der Waals surface area contributed by atoms with Crippen LogP contribution in [0, 0.1) is 8.99 Å². The highest BCUT2D eigenvalue weighted by Gasteiger charge is 2.47. The number of halogens is 1. The maximum atomic E-state index is 12.0. The molecule has 0 radical (unpaired) electrons. The van der Waals surface area contributed by atoms with Gasteiger partial charge in [0, 0.05) is 3.57 Å². The Hall–Kier alpha value is -0.620. The predicted octanol–water partition coefficient (Wildman–Crippen LogP) is 3.09. The van der Waals surface area contributed by atoms with Gasteiger partial charge in [-0.15, -0.1) is 0 Å². The monoisotopic (exact) mass is 362 g/mol. The lowest BCUT2D eigenvalue weighted by molar-refractivity contribution is -0.170. The van der Waals surface area contributed by atoms with Crippen molar-refractivity contribution in [1.29, 1.82) is 0 Å². The van der Waals surface area contributed by atoms with Crippen molar-refractivity contribution in [1.82, 2.24) is 0 Å². The lowest BCUT2D eigenvalue weighted by Crippen LogP contribution is -2.46. The van der Waals surface area contributed by atoms with Crippen LogP contribution in [0.4, 0.5) is 0 Å². The van der Waals surface area contributed by atoms with Gasteiger partial charge in [-0.25, -0.2) is 0 Å². The minimum absolute atomic E-state index is 0.311. The molecule has 0 amide bonds. The highest BCUT2D eigenvalue weighted by molar-refractivity contribution is 14.1. The second kappa shape index (κ2) is 5.57. The maximum Gasteiger partial charge on any atom is 0.314 e. The van der Waals surface area contributed by atoms with Crippen LogP contribution in [0.1, 0.15) is 33.3 Å². The number of carbonyl (C=O) groups is 1. The molecule has 0 heterocycles. The molecule has 3 nitrogen and oxygen atoms in total. The van der Waals surface area contributed by atoms with Crippen LogP contribution in [-0.2, 0) is 15.1 Å². The molecule has 0 spiro atoms. The van der Waals surface area contributed by atoms with Crippen molar-refractivity contribution < 1.29 is 14.6 Å². The highest BCUT2D eigenvalue weighted by atomic mass is 127. The van der Waals surface area contributed by atoms with Gasteiger partial charge in [0.2, 0.25) is 0 Å². The minimum atomic E-state index is -1.27. The molecule has 1 aromatic rings. The van der Waals surface area contributed by atoms with Gasteiger partial charge in [0.05, 0.1) is 12.0 Å². The van der Waals surface area contributed by atoms with Crippen molar-refractivity contribution in [2.24, 2.45) is 5.41 Å². The molecule has 0 bridgehead atoms. The Morgan fingerprint density at radius 3 is 2.22 bits per heavy atom. The second-order valence-corrected chi connectivity index (χ2v) is 6.17. The summed E-state index contributed by atoms with van der Waals surface area (Å²) in [6.45, 7) is 7.11. The second-order valence-electron chi connectivity index (χ2n) is 4.92. The molecule has 0 fully saturated rings. The van der Waals surface area contributed by atoms with Crippen molar-refractivity contribution in [2.75, 3.05) is 6.61 Å². The molecule has 0 aliphatic carbocycles. The summed E-state index contributed by atoms with van der Waals surface area (Å²) in [5.74, 6) is -0.395. The van der Waals surface area contributed by atoms with E-state index in [0.717, 1.165) is 3.57 Å². The smallest absolute Gasteiger partial charge is 0.314 e. The summed E-state index contributed by atoms with van der Waals surface area (Å²) in [7, 11) is 0. The summed E-state index contributed by atoms with van der Waals surface area (Å²) in [5, 5.41) is 10.7. The van der Waals surface area contributed by atoms with Gasteiger partial charge in [0.15, 0.2) is 0 Å². The molecule has 0 aliphatic rings. The fraction of sp³-hybridized carbons (Fsp3) is 0.500. The first-order valence-corrected chi connectivity index (χ1v) is 6.97. The number of rotatable bonds is 4. The quantitative estimate of drug-likeness (QED) is 0.662. The van der Waals surface area contributed by atoms with Gasteiger partial charge in [0.25, 0.3) is 0 Å². The first kappa shape index (κ1) is 15.4. The number of aliphatic hydroxyl groups is 1. The van der Waals surface area contributed by atoms with Crippen molar-refractivity contribution in [3.63, 3.8) is 0 Å². The van der Waals surface area contributed by atoms with E-state index in [1.165, 1.54) is 0 Å². The number of carbonyl (C=O) groups excluding carboxylic acids is 1. The number of benzene rings is 1. The Labute approximate surface area is 122 Å². The van der Waals surface area contributed by atoms with Crippen LogP contribution in [-0.4, -0.2) is 17.7 Å². The molecule has 1 atom stereocenters. The zero-order valence-electron chi connectivity index (χ0n) is 11.2. The van der Waals surface area contributed by atoms with E-state index in [4.69, 9.17) is 4.74 Å². The standard InChI is InChI=1S/C14H19IO3/c1-5-18-12(16)13(2,3)14(4,17)10-6-8-11(15)9-7-10/h6-9,17H,5H2,1-4H3. The summed E-state index contributed by atoms with van der Waals surface area (Å²) >= 11 is 2.20. The molecule has 1 rings (SSSR count). The van der Waals surface area contributed by atoms with Crippen LogP contribution < -0.4 is 0 Å². The zero-order chi connectivity index (χ0) is 14.0. The summed E-state index contributed by atoms with van der Waals surface area (Å²) in [5.41, 5.74) is -1.57. The van der Waals surface area contributed by atoms with Crippen molar-refractivity contribution in [3.05, 3.63) is 33.4 Å². The Morgan fingerprint density at radius 2 is 1.78 bits per heavy atom. The number of ether oxygens (including phenoxy) is 1. The first-order chi connectivity index (χ1) is 8.23. The Kier molecular flexibility index (Phi) is 4.78. The molecular weight excluding hydrogens is 343 g/mol. The van der Waals surface area contributed by atoms with E-state index in [2.05, 4.69) is 22.6 Å². The number of hydrogen-bond donors (Lipinski definition) is 1. The lowest BCUT2D eigenvalue weighted by atomic mass is 9.72. The van der Waals surface area contributed by atoms with Crippen molar-refractivity contribution in [3.8, 4) is 0 Å². The molecule has 1 aromatic carbocycles. The third kappa shape index (κ3) is 2.85. The Morgan fingerprint density at radius 1 is 1.28 bits per heavy atom. The molecular formula is C14H19IO3. The molecule has 100 valence electrons. The van der Waals surface area contributed by atoms with Crippen LogP contribution >= 0.6 is 22.6 Å². The van der Waals surface area contributed by atoms with E-state index in [1.54, 1.807) is 27.7 Å². The van der Waals surface area contributed by atoms with E-state index in [-0.39, 0.29) is 0 Å². The molecule has 18 heavy (non-hydrogen) atoms. The normalized spacial score (nSPS) is 15.0. The fourth-order valence-corrected chi connectivity index (χ4v) is 2.01. The van der Waals surface area contributed by atoms with E-state index < -0.39 is 17.0 Å². The largest absolute Gasteiger partial charge is 0.465 e. The highest BCUT2D eigenvalue weighted by Crippen LogP contribution is 2.40. The molecule has 0 aromatic heterocycles. The van der Waals surface area contributed by atoms with Crippen LogP contribution in [0.5, 0.6) is 0 Å². The predicted molar refractivity (Wildman–Crippen MR) is 79.1 cm³/mol. The SMILES string of the molecule is CCOC(=O)C(C)(C)C(C)(O)c1ccc(I)cc1. The van der Waals surface area contributed by atoms with E-state index in [9.17, 15) is 9.90 Å². The van der Waals surface area contributed by atoms with E-state index in [1.807, 2.05) is 24.3 Å². The third-order valence-corrected chi connectivity index (χ3v) is 4.13. The minimum Gasteiger partial charge on any atom is -0.465 e. The Bertz CT molecular complexity index is 421. The van der Waals surface area contributed by atoms with Crippen molar-refractivity contribution in [2.45, 2.75) is 33.3 Å². The van der Waals surface area contributed by atoms with Gasteiger partial charge < -0.3 is 9.84 Å². The summed E-state index contributed by atoms with van der Waals surface area (Å²) in [6.07, 6.45) is 0. The molecule has 0 saturated carbocycles.